The molecule has 286 valence electrons. The fourth-order valence-corrected chi connectivity index (χ4v) is 10.8. The first-order valence-electron chi connectivity index (χ1n) is 18.7. The van der Waals surface area contributed by atoms with Crippen LogP contribution in [0.5, 0.6) is 0 Å². The number of halogens is 1. The van der Waals surface area contributed by atoms with Crippen LogP contribution in [0.3, 0.4) is 0 Å². The molecule has 1 spiro atoms. The van der Waals surface area contributed by atoms with E-state index < -0.39 is 31.6 Å². The van der Waals surface area contributed by atoms with E-state index in [0.717, 1.165) is 16.8 Å². The number of esters is 1. The normalized spacial score (nSPS) is 22.4. The molecule has 0 aromatic heterocycles. The van der Waals surface area contributed by atoms with Gasteiger partial charge in [-0.15, -0.1) is 0 Å². The van der Waals surface area contributed by atoms with Crippen molar-refractivity contribution in [1.29, 1.82) is 0 Å². The van der Waals surface area contributed by atoms with Gasteiger partial charge >= 0.3 is 5.97 Å². The van der Waals surface area contributed by atoms with Crippen LogP contribution in [-0.2, 0) is 40.8 Å². The molecule has 3 amide bonds. The van der Waals surface area contributed by atoms with E-state index in [1.807, 2.05) is 67.6 Å². The molecule has 1 saturated heterocycles. The molecule has 11 nitrogen and oxygen atoms in total. The summed E-state index contributed by atoms with van der Waals surface area (Å²) in [6, 6.07) is 24.4. The van der Waals surface area contributed by atoms with Crippen LogP contribution in [0.15, 0.2) is 84.0 Å². The molecule has 54 heavy (non-hydrogen) atoms. The van der Waals surface area contributed by atoms with E-state index in [1.165, 1.54) is 12.1 Å². The van der Waals surface area contributed by atoms with Gasteiger partial charge in [-0.1, -0.05) is 67.6 Å². The molecule has 6 rings (SSSR count). The van der Waals surface area contributed by atoms with Crippen molar-refractivity contribution in [3.05, 3.63) is 95.6 Å². The van der Waals surface area contributed by atoms with Crippen molar-refractivity contribution in [2.45, 2.75) is 82.3 Å². The van der Waals surface area contributed by atoms with Gasteiger partial charge in [0, 0.05) is 55.9 Å². The Morgan fingerprint density at radius 2 is 1.74 bits per heavy atom. The summed E-state index contributed by atoms with van der Waals surface area (Å²) < 4.78 is 28.3. The second-order valence-electron chi connectivity index (χ2n) is 14.8. The van der Waals surface area contributed by atoms with Crippen molar-refractivity contribution in [3.63, 3.8) is 0 Å². The number of hydrazone groups is 1. The van der Waals surface area contributed by atoms with E-state index >= 15 is 4.11 Å². The molecule has 1 N–H and O–H groups in total. The van der Waals surface area contributed by atoms with Crippen LogP contribution in [0.4, 0.5) is 15.5 Å². The number of ether oxygens (including phenoxy) is 2. The fourth-order valence-electron chi connectivity index (χ4n) is 8.34. The number of anilines is 2. The van der Waals surface area contributed by atoms with Crippen LogP contribution >= 0.6 is 0 Å². The highest BCUT2D eigenvalue weighted by molar-refractivity contribution is 6.72. The number of carbonyl (C=O) groups excluding carboxylic acids is 4. The van der Waals surface area contributed by atoms with E-state index in [9.17, 15) is 24.3 Å². The highest BCUT2D eigenvalue weighted by Gasteiger charge is 2.67. The van der Waals surface area contributed by atoms with Gasteiger partial charge in [-0.2, -0.15) is 5.10 Å². The zero-order valence-corrected chi connectivity index (χ0v) is 32.4. The maximum Gasteiger partial charge on any atom is 0.305 e. The van der Waals surface area contributed by atoms with Gasteiger partial charge in [0.05, 0.1) is 43.3 Å². The monoisotopic (exact) mass is 756 g/mol. The van der Waals surface area contributed by atoms with Crippen LogP contribution in [0, 0.1) is 5.92 Å². The third kappa shape index (κ3) is 7.75. The predicted molar refractivity (Wildman–Crippen MR) is 206 cm³/mol. The van der Waals surface area contributed by atoms with Gasteiger partial charge < -0.3 is 28.5 Å². The van der Waals surface area contributed by atoms with Crippen molar-refractivity contribution in [2.24, 2.45) is 11.0 Å². The third-order valence-corrected chi connectivity index (χ3v) is 13.3. The first-order chi connectivity index (χ1) is 25.9. The molecule has 3 aromatic rings. The Kier molecular flexibility index (Phi) is 11.8. The van der Waals surface area contributed by atoms with Crippen LogP contribution in [0.2, 0.25) is 18.6 Å². The number of aliphatic hydroxyl groups excluding tert-OH is 1. The smallest absolute Gasteiger partial charge is 0.305 e. The molecule has 3 heterocycles. The molecule has 0 bridgehead atoms. The number of methoxy groups -OCH3 is 1. The highest BCUT2D eigenvalue weighted by Crippen LogP contribution is 2.60. The molecule has 13 heteroatoms. The number of aliphatic hydroxyl groups is 1. The van der Waals surface area contributed by atoms with Gasteiger partial charge in [0.1, 0.15) is 0 Å². The Labute approximate surface area is 316 Å². The SMILES string of the molecule is COC(=O)CCCCN1C(=O)[C@@]2(O[C@@H](CC(=O)N(CCO)Cc3ccccc3)[C@H]([Si](C)(C)F)[C@H]2C)c2cc(N3N=C(c4ccccc4)CCC3=O)ccc21. The summed E-state index contributed by atoms with van der Waals surface area (Å²) >= 11 is 0. The number of amides is 3. The number of rotatable bonds is 14. The summed E-state index contributed by atoms with van der Waals surface area (Å²) in [6.45, 7) is 5.35. The Hall–Kier alpha value is -4.72. The second kappa shape index (κ2) is 16.3. The highest BCUT2D eigenvalue weighted by atomic mass is 28.4. The molecule has 4 atom stereocenters. The molecule has 3 aromatic carbocycles. The Balaban J connectivity index is 1.39. The van der Waals surface area contributed by atoms with E-state index in [1.54, 1.807) is 41.1 Å². The molecule has 0 saturated carbocycles. The van der Waals surface area contributed by atoms with Crippen LogP contribution < -0.4 is 9.91 Å². The van der Waals surface area contributed by atoms with Crippen LogP contribution in [0.25, 0.3) is 0 Å². The standard InChI is InChI=1S/C41H49FN4O7Si/c1-28-39(54(3,4)42)35(26-37(49)44(23-24-47)27-29-13-7-5-8-14-29)53-41(28)32-25-31(46-36(48)21-19-33(43-46)30-15-9-6-10-16-30)18-20-34(32)45(40(41)51)22-12-11-17-38(50)52-2/h5-10,13-16,18,20,25,28,35,39,47H,11-12,17,19,21-24,26-27H2,1-4H3/t28-,35+,39-,41+/m1/s1. The minimum atomic E-state index is -3.62. The van der Waals surface area contributed by atoms with Crippen molar-refractivity contribution < 1.29 is 37.9 Å². The number of hydrogen-bond acceptors (Lipinski definition) is 8. The lowest BCUT2D eigenvalue weighted by Crippen LogP contribution is -2.45. The zero-order valence-electron chi connectivity index (χ0n) is 31.4. The Morgan fingerprint density at radius 1 is 1.04 bits per heavy atom. The van der Waals surface area contributed by atoms with Crippen molar-refractivity contribution in [1.82, 2.24) is 4.90 Å². The molecule has 3 aliphatic heterocycles. The summed E-state index contributed by atoms with van der Waals surface area (Å²) in [5, 5.41) is 16.0. The van der Waals surface area contributed by atoms with Gasteiger partial charge in [-0.25, -0.2) is 5.01 Å². The number of fused-ring (bicyclic) bond motifs is 2. The largest absolute Gasteiger partial charge is 0.469 e. The fraction of sp³-hybridized carbons (Fsp3) is 0.439. The van der Waals surface area contributed by atoms with Gasteiger partial charge in [0.2, 0.25) is 20.2 Å². The average molecular weight is 757 g/mol. The lowest BCUT2D eigenvalue weighted by Gasteiger charge is -2.31. The lowest BCUT2D eigenvalue weighted by molar-refractivity contribution is -0.149. The van der Waals surface area contributed by atoms with E-state index in [0.29, 0.717) is 36.2 Å². The molecule has 1 fully saturated rings. The number of hydrogen-bond donors (Lipinski definition) is 1. The number of nitrogens with zero attached hydrogens (tertiary/aromatic N) is 4. The van der Waals surface area contributed by atoms with E-state index in [-0.39, 0.29) is 69.2 Å². The maximum atomic E-state index is 16.6. The first-order valence-corrected chi connectivity index (χ1v) is 21.6. The van der Waals surface area contributed by atoms with Crippen LogP contribution in [-0.4, -0.2) is 80.7 Å². The van der Waals surface area contributed by atoms with Gasteiger partial charge in [-0.3, -0.25) is 19.2 Å². The van der Waals surface area contributed by atoms with E-state index in [2.05, 4.69) is 0 Å². The van der Waals surface area contributed by atoms with Gasteiger partial charge in [0.15, 0.2) is 5.60 Å². The van der Waals surface area contributed by atoms with Gasteiger partial charge in [0.25, 0.3) is 5.91 Å². The molecule has 0 aliphatic carbocycles. The number of unbranched alkanes of at least 4 members (excludes halogenated alkanes) is 1. The average Bonchev–Trinajstić information content (AvgIpc) is 3.59. The van der Waals surface area contributed by atoms with Crippen LogP contribution in [0.1, 0.15) is 62.1 Å². The summed E-state index contributed by atoms with van der Waals surface area (Å²) in [5.41, 5.74) is 1.67. The maximum absolute atomic E-state index is 16.6. The first kappa shape index (κ1) is 39.0. The molecule has 0 unspecified atom stereocenters. The third-order valence-electron chi connectivity index (χ3n) is 10.9. The zero-order chi connectivity index (χ0) is 38.6. The van der Waals surface area contributed by atoms with Crippen molar-refractivity contribution in [2.75, 3.05) is 36.7 Å². The molecular weight excluding hydrogens is 708 g/mol. The number of carbonyl (C=O) groups is 4. The predicted octanol–water partition coefficient (Wildman–Crippen LogP) is 6.09. The Bertz CT molecular complexity index is 1890. The quantitative estimate of drug-likeness (QED) is 0.0913. The molecule has 3 aliphatic rings. The van der Waals surface area contributed by atoms with Gasteiger partial charge in [-0.05, 0) is 55.3 Å². The summed E-state index contributed by atoms with van der Waals surface area (Å²) in [6.07, 6.45) is 0.788. The minimum absolute atomic E-state index is 0.0854. The second-order valence-corrected chi connectivity index (χ2v) is 18.6. The Morgan fingerprint density at radius 3 is 2.41 bits per heavy atom. The van der Waals surface area contributed by atoms with Crippen molar-refractivity contribution in [3.8, 4) is 0 Å². The minimum Gasteiger partial charge on any atom is -0.469 e. The summed E-state index contributed by atoms with van der Waals surface area (Å²) in [4.78, 5) is 57.3. The lowest BCUT2D eigenvalue weighted by atomic mass is 9.82. The number of benzene rings is 3. The van der Waals surface area contributed by atoms with E-state index in [4.69, 9.17) is 14.6 Å². The topological polar surface area (TPSA) is 129 Å². The van der Waals surface area contributed by atoms with Crippen molar-refractivity contribution >= 4 is 49.2 Å². The summed E-state index contributed by atoms with van der Waals surface area (Å²) in [5.74, 6) is -1.90. The molecule has 0 radical (unpaired) electrons. The summed E-state index contributed by atoms with van der Waals surface area (Å²) in [7, 11) is -2.28. The molecular formula is C41H49FN4O7Si.